The summed E-state index contributed by atoms with van der Waals surface area (Å²) < 4.78 is 3.52. The van der Waals surface area contributed by atoms with Crippen molar-refractivity contribution >= 4 is 22.5 Å². The molecule has 1 N–H and O–H groups in total. The molecule has 4 rings (SSSR count). The van der Waals surface area contributed by atoms with Crippen molar-refractivity contribution in [2.45, 2.75) is 52.1 Å². The molecule has 0 spiro atoms. The summed E-state index contributed by atoms with van der Waals surface area (Å²) in [5.41, 5.74) is 2.17. The zero-order valence-corrected chi connectivity index (χ0v) is 18.1. The second-order valence-corrected chi connectivity index (χ2v) is 8.24. The van der Waals surface area contributed by atoms with E-state index in [4.69, 9.17) is 0 Å². The molecule has 1 unspecified atom stereocenters. The molecule has 0 aliphatic carbocycles. The van der Waals surface area contributed by atoms with Crippen LogP contribution in [0.25, 0.3) is 16.6 Å². The van der Waals surface area contributed by atoms with E-state index in [1.165, 1.54) is 4.40 Å². The van der Waals surface area contributed by atoms with Crippen molar-refractivity contribution in [3.05, 3.63) is 76.7 Å². The molecule has 4 aromatic rings. The Kier molecular flexibility index (Phi) is 5.84. The number of aromatic nitrogens is 4. The summed E-state index contributed by atoms with van der Waals surface area (Å²) in [7, 11) is 0. The smallest absolute Gasteiger partial charge is 0.266 e. The van der Waals surface area contributed by atoms with Gasteiger partial charge in [0.2, 0.25) is 0 Å². The van der Waals surface area contributed by atoms with E-state index in [1.54, 1.807) is 30.9 Å². The molecule has 0 saturated heterocycles. The van der Waals surface area contributed by atoms with Crippen LogP contribution in [0, 0.1) is 0 Å². The van der Waals surface area contributed by atoms with E-state index in [9.17, 15) is 9.59 Å². The summed E-state index contributed by atoms with van der Waals surface area (Å²) in [4.78, 5) is 35.3. The lowest BCUT2D eigenvalue weighted by Crippen LogP contribution is -2.34. The number of benzene rings is 1. The topological polar surface area (TPSA) is 81.3 Å². The van der Waals surface area contributed by atoms with Crippen LogP contribution in [0.5, 0.6) is 0 Å². The second kappa shape index (κ2) is 8.71. The van der Waals surface area contributed by atoms with Gasteiger partial charge in [0.1, 0.15) is 5.65 Å². The molecule has 0 saturated carbocycles. The minimum Gasteiger partial charge on any atom is -0.350 e. The summed E-state index contributed by atoms with van der Waals surface area (Å²) in [6, 6.07) is 9.15. The molecular weight excluding hydrogens is 390 g/mol. The van der Waals surface area contributed by atoms with E-state index < -0.39 is 0 Å². The highest BCUT2D eigenvalue weighted by Crippen LogP contribution is 2.25. The number of pyridine rings is 1. The minimum absolute atomic E-state index is 0.0255. The number of rotatable bonds is 7. The van der Waals surface area contributed by atoms with Crippen LogP contribution in [0.2, 0.25) is 0 Å². The average Bonchev–Trinajstić information content (AvgIpc) is 3.26. The number of nitrogens with zero attached hydrogens (tertiary/aromatic N) is 4. The number of fused-ring (bicyclic) bond motifs is 2. The Morgan fingerprint density at radius 2 is 1.97 bits per heavy atom. The molecule has 0 fully saturated rings. The number of amides is 1. The van der Waals surface area contributed by atoms with E-state index >= 15 is 0 Å². The number of carbonyl (C=O) groups excluding carboxylic acids is 1. The van der Waals surface area contributed by atoms with Crippen molar-refractivity contribution in [1.82, 2.24) is 24.3 Å². The zero-order valence-electron chi connectivity index (χ0n) is 18.1. The Labute approximate surface area is 180 Å². The SMILES string of the molecule is CC(CCCn1ccnc1)NC(=O)c1c(C(C)C)ccc2nc3ccccn3c(=O)c12. The monoisotopic (exact) mass is 417 g/mol. The van der Waals surface area contributed by atoms with E-state index in [0.717, 1.165) is 24.9 Å². The van der Waals surface area contributed by atoms with Gasteiger partial charge in [-0.05, 0) is 49.4 Å². The molecule has 0 aliphatic heterocycles. The van der Waals surface area contributed by atoms with Crippen LogP contribution in [0.15, 0.2) is 60.0 Å². The van der Waals surface area contributed by atoms with Gasteiger partial charge in [0.15, 0.2) is 0 Å². The van der Waals surface area contributed by atoms with E-state index in [-0.39, 0.29) is 23.4 Å². The molecule has 3 aromatic heterocycles. The van der Waals surface area contributed by atoms with Gasteiger partial charge in [-0.3, -0.25) is 14.0 Å². The summed E-state index contributed by atoms with van der Waals surface area (Å²) in [6.07, 6.45) is 8.91. The van der Waals surface area contributed by atoms with E-state index in [1.807, 2.05) is 49.7 Å². The fourth-order valence-electron chi connectivity index (χ4n) is 3.95. The molecule has 0 bridgehead atoms. The molecule has 7 nitrogen and oxygen atoms in total. The predicted molar refractivity (Wildman–Crippen MR) is 121 cm³/mol. The lowest BCUT2D eigenvalue weighted by Gasteiger charge is -2.19. The molecule has 0 radical (unpaired) electrons. The molecule has 31 heavy (non-hydrogen) atoms. The van der Waals surface area contributed by atoms with Gasteiger partial charge in [-0.15, -0.1) is 0 Å². The number of nitrogens with one attached hydrogen (secondary N) is 1. The number of hydrogen-bond donors (Lipinski definition) is 1. The number of aryl methyl sites for hydroxylation is 1. The van der Waals surface area contributed by atoms with E-state index in [0.29, 0.717) is 22.1 Å². The van der Waals surface area contributed by atoms with Crippen molar-refractivity contribution in [3.63, 3.8) is 0 Å². The van der Waals surface area contributed by atoms with Crippen LogP contribution in [0.1, 0.15) is 55.5 Å². The standard InChI is InChI=1S/C24H27N5O2/c1-16(2)18-9-10-19-22(24(31)29-13-5-4-8-20(29)27-19)21(18)23(30)26-17(3)7-6-12-28-14-11-25-15-28/h4-5,8-11,13-17H,6-7,12H2,1-3H3,(H,26,30). The Morgan fingerprint density at radius 1 is 1.13 bits per heavy atom. The molecule has 1 aromatic carbocycles. The van der Waals surface area contributed by atoms with Gasteiger partial charge in [-0.1, -0.05) is 26.0 Å². The van der Waals surface area contributed by atoms with Crippen molar-refractivity contribution < 1.29 is 4.79 Å². The fraction of sp³-hybridized carbons (Fsp3) is 0.333. The summed E-state index contributed by atoms with van der Waals surface area (Å²) in [5.74, 6) is -0.128. The first-order valence-corrected chi connectivity index (χ1v) is 10.7. The molecule has 7 heteroatoms. The molecule has 0 aliphatic rings. The predicted octanol–water partition coefficient (Wildman–Crippen LogP) is 3.77. The van der Waals surface area contributed by atoms with Gasteiger partial charge in [0.05, 0.1) is 22.8 Å². The van der Waals surface area contributed by atoms with Crippen molar-refractivity contribution in [2.24, 2.45) is 0 Å². The molecule has 3 heterocycles. The van der Waals surface area contributed by atoms with Crippen LogP contribution in [0.3, 0.4) is 0 Å². The average molecular weight is 418 g/mol. The fourth-order valence-corrected chi connectivity index (χ4v) is 3.95. The number of carbonyl (C=O) groups is 1. The quantitative estimate of drug-likeness (QED) is 0.464. The third-order valence-corrected chi connectivity index (χ3v) is 5.56. The highest BCUT2D eigenvalue weighted by Gasteiger charge is 2.22. The zero-order chi connectivity index (χ0) is 22.0. The normalized spacial score (nSPS) is 12.5. The highest BCUT2D eigenvalue weighted by molar-refractivity contribution is 6.07. The maximum atomic E-state index is 13.4. The largest absolute Gasteiger partial charge is 0.350 e. The molecule has 160 valence electrons. The highest BCUT2D eigenvalue weighted by atomic mass is 16.2. The first-order chi connectivity index (χ1) is 15.0. The van der Waals surface area contributed by atoms with Gasteiger partial charge < -0.3 is 9.88 Å². The first-order valence-electron chi connectivity index (χ1n) is 10.7. The molecule has 1 amide bonds. The Hall–Kier alpha value is -3.48. The molecule has 1 atom stereocenters. The number of hydrogen-bond acceptors (Lipinski definition) is 4. The van der Waals surface area contributed by atoms with Crippen LogP contribution in [-0.4, -0.2) is 30.9 Å². The van der Waals surface area contributed by atoms with Crippen LogP contribution in [-0.2, 0) is 6.54 Å². The van der Waals surface area contributed by atoms with Gasteiger partial charge in [0, 0.05) is 31.2 Å². The van der Waals surface area contributed by atoms with Crippen LogP contribution >= 0.6 is 0 Å². The number of imidazole rings is 1. The summed E-state index contributed by atoms with van der Waals surface area (Å²) in [5, 5.41) is 3.47. The molecular formula is C24H27N5O2. The van der Waals surface area contributed by atoms with Gasteiger partial charge in [-0.25, -0.2) is 9.97 Å². The third kappa shape index (κ3) is 4.21. The van der Waals surface area contributed by atoms with Gasteiger partial charge in [0.25, 0.3) is 11.5 Å². The van der Waals surface area contributed by atoms with Crippen molar-refractivity contribution in [1.29, 1.82) is 0 Å². The third-order valence-electron chi connectivity index (χ3n) is 5.56. The Morgan fingerprint density at radius 3 is 2.71 bits per heavy atom. The van der Waals surface area contributed by atoms with Crippen molar-refractivity contribution in [2.75, 3.05) is 0 Å². The maximum Gasteiger partial charge on any atom is 0.266 e. The summed E-state index contributed by atoms with van der Waals surface area (Å²) >= 11 is 0. The van der Waals surface area contributed by atoms with Gasteiger partial charge in [-0.2, -0.15) is 0 Å². The maximum absolute atomic E-state index is 13.4. The Bertz CT molecular complexity index is 1270. The summed E-state index contributed by atoms with van der Waals surface area (Å²) in [6.45, 7) is 6.90. The second-order valence-electron chi connectivity index (χ2n) is 8.24. The lowest BCUT2D eigenvalue weighted by atomic mass is 9.93. The minimum atomic E-state index is -0.223. The van der Waals surface area contributed by atoms with Crippen molar-refractivity contribution in [3.8, 4) is 0 Å². The van der Waals surface area contributed by atoms with Crippen LogP contribution < -0.4 is 10.9 Å². The van der Waals surface area contributed by atoms with Crippen LogP contribution in [0.4, 0.5) is 0 Å². The first kappa shape index (κ1) is 20.8. The van der Waals surface area contributed by atoms with E-state index in [2.05, 4.69) is 15.3 Å². The Balaban J connectivity index is 1.67. The lowest BCUT2D eigenvalue weighted by molar-refractivity contribution is 0.0938. The van der Waals surface area contributed by atoms with Gasteiger partial charge >= 0.3 is 0 Å².